The van der Waals surface area contributed by atoms with Gasteiger partial charge in [-0.15, -0.1) is 0 Å². The van der Waals surface area contributed by atoms with Crippen LogP contribution in [0.2, 0.25) is 0 Å². The molecule has 4 rings (SSSR count). The lowest BCUT2D eigenvalue weighted by Crippen LogP contribution is -2.46. The van der Waals surface area contributed by atoms with E-state index in [0.29, 0.717) is 0 Å². The average molecular weight is 424 g/mol. The summed E-state index contributed by atoms with van der Waals surface area (Å²) < 4.78 is 8.06. The normalized spacial score (nSPS) is 16.3. The Morgan fingerprint density at radius 1 is 0.871 bits per heavy atom. The van der Waals surface area contributed by atoms with Crippen molar-refractivity contribution < 1.29 is 9.84 Å². The number of nitrogens with zero attached hydrogens (tertiary/aromatic N) is 5. The van der Waals surface area contributed by atoms with Gasteiger partial charge in [-0.3, -0.25) is 0 Å². The van der Waals surface area contributed by atoms with E-state index in [1.54, 1.807) is 21.0 Å². The van der Waals surface area contributed by atoms with E-state index in [-0.39, 0.29) is 11.7 Å². The molecule has 1 aliphatic heterocycles. The van der Waals surface area contributed by atoms with Crippen molar-refractivity contribution in [2.45, 2.75) is 26.0 Å². The van der Waals surface area contributed by atoms with Crippen molar-refractivity contribution in [1.29, 1.82) is 0 Å². The predicted octanol–water partition coefficient (Wildman–Crippen LogP) is 2.31. The number of anilines is 2. The van der Waals surface area contributed by atoms with Crippen molar-refractivity contribution in [2.24, 2.45) is 0 Å². The van der Waals surface area contributed by atoms with Crippen LogP contribution in [0, 0.1) is 0 Å². The molecule has 1 aliphatic rings. The van der Waals surface area contributed by atoms with E-state index in [0.717, 1.165) is 43.3 Å². The highest BCUT2D eigenvalue weighted by molar-refractivity contribution is 5.54. The molecule has 2 aromatic carbocycles. The zero-order valence-corrected chi connectivity index (χ0v) is 18.2. The van der Waals surface area contributed by atoms with Gasteiger partial charge in [0, 0.05) is 37.6 Å². The minimum absolute atomic E-state index is 0.255. The second-order valence-electron chi connectivity index (χ2n) is 7.90. The van der Waals surface area contributed by atoms with Gasteiger partial charge in [-0.25, -0.2) is 14.0 Å². The molecule has 8 heteroatoms. The van der Waals surface area contributed by atoms with Crippen molar-refractivity contribution in [3.8, 4) is 11.4 Å². The lowest BCUT2D eigenvalue weighted by atomic mass is 10.2. The molecule has 1 fully saturated rings. The highest BCUT2D eigenvalue weighted by atomic mass is 16.5. The lowest BCUT2D eigenvalue weighted by molar-refractivity contribution is 0.130. The molecule has 3 aromatic rings. The molecular formula is C23H29N5O3. The second kappa shape index (κ2) is 8.85. The van der Waals surface area contributed by atoms with Gasteiger partial charge in [-0.05, 0) is 62.4 Å². The molecule has 1 aromatic heterocycles. The molecule has 0 spiro atoms. The topological polar surface area (TPSA) is 75.8 Å². The second-order valence-corrected chi connectivity index (χ2v) is 7.90. The summed E-state index contributed by atoms with van der Waals surface area (Å²) in [5, 5.41) is 13.9. The first-order valence-electron chi connectivity index (χ1n) is 10.6. The Hall–Kier alpha value is -3.26. The van der Waals surface area contributed by atoms with E-state index in [4.69, 9.17) is 4.74 Å². The smallest absolute Gasteiger partial charge is 0.350 e. The van der Waals surface area contributed by atoms with Crippen molar-refractivity contribution >= 4 is 11.4 Å². The first kappa shape index (κ1) is 21.0. The first-order valence-corrected chi connectivity index (χ1v) is 10.6. The van der Waals surface area contributed by atoms with Gasteiger partial charge >= 0.3 is 5.69 Å². The summed E-state index contributed by atoms with van der Waals surface area (Å²) in [4.78, 5) is 17.4. The average Bonchev–Trinajstić information content (AvgIpc) is 3.20. The lowest BCUT2D eigenvalue weighted by Gasteiger charge is -2.37. The van der Waals surface area contributed by atoms with E-state index in [2.05, 4.69) is 27.0 Å². The minimum atomic E-state index is -0.653. The van der Waals surface area contributed by atoms with Gasteiger partial charge in [-0.1, -0.05) is 0 Å². The Morgan fingerprint density at radius 2 is 1.35 bits per heavy atom. The summed E-state index contributed by atoms with van der Waals surface area (Å²) in [6, 6.07) is 15.8. The molecule has 0 radical (unpaired) electrons. The van der Waals surface area contributed by atoms with Crippen LogP contribution in [0.4, 0.5) is 11.4 Å². The number of piperazine rings is 1. The first-order chi connectivity index (χ1) is 15.0. The fourth-order valence-corrected chi connectivity index (χ4v) is 3.82. The maximum atomic E-state index is 12.6. The molecule has 1 saturated heterocycles. The van der Waals surface area contributed by atoms with E-state index >= 15 is 0 Å². The Balaban J connectivity index is 1.42. The number of aromatic nitrogens is 3. The highest BCUT2D eigenvalue weighted by Gasteiger charge is 2.19. The minimum Gasteiger partial charge on any atom is -0.497 e. The monoisotopic (exact) mass is 423 g/mol. The third kappa shape index (κ3) is 4.29. The van der Waals surface area contributed by atoms with Crippen molar-refractivity contribution in [3.63, 3.8) is 0 Å². The Bertz CT molecular complexity index is 1050. The number of ether oxygens (including phenoxy) is 1. The largest absolute Gasteiger partial charge is 0.497 e. The van der Waals surface area contributed by atoms with Crippen LogP contribution in [0.15, 0.2) is 59.7 Å². The Morgan fingerprint density at radius 3 is 1.84 bits per heavy atom. The fraction of sp³-hybridized carbons (Fsp3) is 0.391. The standard InChI is InChI=1S/C23H29N5O3/c1-17(18(2)29)28-23(30)27(16-24-28)21-6-4-19(5-7-21)25-12-14-26(15-13-25)20-8-10-22(31-3)11-9-20/h4-11,16-18,29H,12-15H2,1-3H3/t17-,18+/m1/s1. The molecular weight excluding hydrogens is 394 g/mol. The van der Waals surface area contributed by atoms with E-state index in [1.807, 2.05) is 36.4 Å². The number of aliphatic hydroxyl groups is 1. The highest BCUT2D eigenvalue weighted by Crippen LogP contribution is 2.23. The molecule has 0 saturated carbocycles. The van der Waals surface area contributed by atoms with Crippen molar-refractivity contribution in [3.05, 3.63) is 65.3 Å². The van der Waals surface area contributed by atoms with Crippen LogP contribution in [-0.2, 0) is 0 Å². The van der Waals surface area contributed by atoms with Gasteiger partial charge in [0.25, 0.3) is 0 Å². The summed E-state index contributed by atoms with van der Waals surface area (Å²) in [5.74, 6) is 0.868. The van der Waals surface area contributed by atoms with Crippen LogP contribution in [0.3, 0.4) is 0 Å². The number of benzene rings is 2. The third-order valence-electron chi connectivity index (χ3n) is 5.99. The number of rotatable bonds is 6. The molecule has 0 unspecified atom stereocenters. The quantitative estimate of drug-likeness (QED) is 0.656. The summed E-state index contributed by atoms with van der Waals surface area (Å²) in [5.41, 5.74) is 2.85. The van der Waals surface area contributed by atoms with E-state index < -0.39 is 6.10 Å². The molecule has 8 nitrogen and oxygen atoms in total. The van der Waals surface area contributed by atoms with Crippen LogP contribution in [0.25, 0.3) is 5.69 Å². The van der Waals surface area contributed by atoms with Gasteiger partial charge in [0.15, 0.2) is 0 Å². The maximum absolute atomic E-state index is 12.6. The number of hydrogen-bond acceptors (Lipinski definition) is 6. The van der Waals surface area contributed by atoms with Crippen LogP contribution in [0.1, 0.15) is 19.9 Å². The molecule has 0 amide bonds. The van der Waals surface area contributed by atoms with Gasteiger partial charge < -0.3 is 19.6 Å². The zero-order chi connectivity index (χ0) is 22.0. The molecule has 164 valence electrons. The number of aliphatic hydroxyl groups excluding tert-OH is 1. The molecule has 0 aliphatic carbocycles. The third-order valence-corrected chi connectivity index (χ3v) is 5.99. The number of methoxy groups -OCH3 is 1. The Kier molecular flexibility index (Phi) is 5.99. The SMILES string of the molecule is COc1ccc(N2CCN(c3ccc(-n4cnn([C@H](C)[C@H](C)O)c4=O)cc3)CC2)cc1. The van der Waals surface area contributed by atoms with Crippen molar-refractivity contribution in [2.75, 3.05) is 43.1 Å². The number of hydrogen-bond donors (Lipinski definition) is 1. The van der Waals surface area contributed by atoms with Gasteiger partial charge in [0.1, 0.15) is 12.1 Å². The molecule has 0 bridgehead atoms. The van der Waals surface area contributed by atoms with Crippen LogP contribution in [0.5, 0.6) is 5.75 Å². The molecule has 31 heavy (non-hydrogen) atoms. The van der Waals surface area contributed by atoms with E-state index in [1.165, 1.54) is 21.3 Å². The van der Waals surface area contributed by atoms with Gasteiger partial charge in [-0.2, -0.15) is 5.10 Å². The van der Waals surface area contributed by atoms with Crippen LogP contribution >= 0.6 is 0 Å². The molecule has 2 atom stereocenters. The summed E-state index contributed by atoms with van der Waals surface area (Å²) >= 11 is 0. The summed E-state index contributed by atoms with van der Waals surface area (Å²) in [6.45, 7) is 7.16. The van der Waals surface area contributed by atoms with Crippen LogP contribution in [-0.4, -0.2) is 58.8 Å². The molecule has 1 N–H and O–H groups in total. The summed E-state index contributed by atoms with van der Waals surface area (Å²) in [6.07, 6.45) is 0.851. The Labute approximate surface area is 181 Å². The summed E-state index contributed by atoms with van der Waals surface area (Å²) in [7, 11) is 1.68. The van der Waals surface area contributed by atoms with E-state index in [9.17, 15) is 9.90 Å². The zero-order valence-electron chi connectivity index (χ0n) is 18.2. The molecule has 2 heterocycles. The van der Waals surface area contributed by atoms with Crippen molar-refractivity contribution in [1.82, 2.24) is 14.3 Å². The van der Waals surface area contributed by atoms with Crippen LogP contribution < -0.4 is 20.2 Å². The predicted molar refractivity (Wildman–Crippen MR) is 122 cm³/mol. The van der Waals surface area contributed by atoms with Gasteiger partial charge in [0.05, 0.1) is 24.9 Å². The maximum Gasteiger partial charge on any atom is 0.350 e. The van der Waals surface area contributed by atoms with Gasteiger partial charge in [0.2, 0.25) is 0 Å². The fourth-order valence-electron chi connectivity index (χ4n) is 3.82.